The summed E-state index contributed by atoms with van der Waals surface area (Å²) in [5, 5.41) is 0.217. The summed E-state index contributed by atoms with van der Waals surface area (Å²) in [7, 11) is -3.84. The van der Waals surface area contributed by atoms with Gasteiger partial charge in [-0.05, 0) is 40.5 Å². The molecule has 2 rings (SSSR count). The summed E-state index contributed by atoms with van der Waals surface area (Å²) < 4.78 is 40.5. The zero-order valence-corrected chi connectivity index (χ0v) is 12.9. The van der Waals surface area contributed by atoms with E-state index in [0.717, 1.165) is 23.5 Å². The number of aryl methyl sites for hydroxylation is 1. The molecule has 0 radical (unpaired) electrons. The number of nitrogen functional groups attached to an aromatic ring is 1. The summed E-state index contributed by atoms with van der Waals surface area (Å²) in [6.45, 7) is 1.49. The van der Waals surface area contributed by atoms with Gasteiger partial charge in [-0.2, -0.15) is 0 Å². The van der Waals surface area contributed by atoms with Crippen molar-refractivity contribution in [2.75, 3.05) is 10.5 Å². The molecular formula is C10H9BrFN3O2S2. The van der Waals surface area contributed by atoms with Gasteiger partial charge >= 0.3 is 0 Å². The smallest absolute Gasteiger partial charge is 0.264 e. The Bertz CT molecular complexity index is 730. The van der Waals surface area contributed by atoms with Crippen LogP contribution in [0.25, 0.3) is 0 Å². The van der Waals surface area contributed by atoms with Crippen molar-refractivity contribution >= 4 is 48.1 Å². The maximum Gasteiger partial charge on any atom is 0.264 e. The summed E-state index contributed by atoms with van der Waals surface area (Å²) in [5.74, 6) is -0.645. The van der Waals surface area contributed by atoms with Crippen molar-refractivity contribution in [1.29, 1.82) is 0 Å². The van der Waals surface area contributed by atoms with Gasteiger partial charge in [0, 0.05) is 0 Å². The Morgan fingerprint density at radius 1 is 1.47 bits per heavy atom. The number of benzene rings is 1. The van der Waals surface area contributed by atoms with Gasteiger partial charge < -0.3 is 5.73 Å². The van der Waals surface area contributed by atoms with E-state index in [1.807, 2.05) is 0 Å². The number of hydrogen-bond donors (Lipinski definition) is 2. The molecule has 0 saturated heterocycles. The molecule has 5 nitrogen and oxygen atoms in total. The van der Waals surface area contributed by atoms with Crippen LogP contribution in [0.1, 0.15) is 5.56 Å². The molecule has 0 bridgehead atoms. The first-order valence-electron chi connectivity index (χ1n) is 4.99. The zero-order valence-electron chi connectivity index (χ0n) is 9.65. The van der Waals surface area contributed by atoms with Gasteiger partial charge in [0.2, 0.25) is 0 Å². The van der Waals surface area contributed by atoms with Crippen LogP contribution in [0.3, 0.4) is 0 Å². The Balaban J connectivity index is 2.42. The number of halogens is 2. The fourth-order valence-electron chi connectivity index (χ4n) is 1.43. The van der Waals surface area contributed by atoms with Crippen LogP contribution in [0.5, 0.6) is 0 Å². The number of rotatable bonds is 3. The second-order valence-electron chi connectivity index (χ2n) is 3.71. The van der Waals surface area contributed by atoms with Gasteiger partial charge in [-0.15, -0.1) is 0 Å². The monoisotopic (exact) mass is 365 g/mol. The summed E-state index contributed by atoms with van der Waals surface area (Å²) in [6.07, 6.45) is 1.48. The first kappa shape index (κ1) is 14.2. The Morgan fingerprint density at radius 3 is 2.74 bits per heavy atom. The molecule has 0 aliphatic heterocycles. The Morgan fingerprint density at radius 2 is 2.16 bits per heavy atom. The minimum atomic E-state index is -3.84. The Labute approximate surface area is 121 Å². The molecular weight excluding hydrogens is 357 g/mol. The van der Waals surface area contributed by atoms with Crippen molar-refractivity contribution in [3.63, 3.8) is 0 Å². The van der Waals surface area contributed by atoms with E-state index in [2.05, 4.69) is 25.6 Å². The fourth-order valence-corrected chi connectivity index (χ4v) is 4.04. The van der Waals surface area contributed by atoms with Crippen LogP contribution in [-0.4, -0.2) is 13.4 Å². The maximum atomic E-state index is 13.2. The minimum absolute atomic E-state index is 0.0716. The predicted molar refractivity (Wildman–Crippen MR) is 76.2 cm³/mol. The molecule has 0 saturated carbocycles. The molecule has 1 aromatic heterocycles. The third kappa shape index (κ3) is 3.04. The van der Waals surface area contributed by atoms with Gasteiger partial charge in [-0.1, -0.05) is 11.3 Å². The van der Waals surface area contributed by atoms with E-state index >= 15 is 0 Å². The van der Waals surface area contributed by atoms with Crippen LogP contribution >= 0.6 is 27.3 Å². The Hall–Kier alpha value is -1.19. The number of aromatic nitrogens is 1. The molecule has 19 heavy (non-hydrogen) atoms. The topological polar surface area (TPSA) is 85.1 Å². The normalized spacial score (nSPS) is 11.5. The molecule has 0 aliphatic carbocycles. The van der Waals surface area contributed by atoms with Crippen molar-refractivity contribution < 1.29 is 12.8 Å². The molecule has 1 heterocycles. The molecule has 0 aliphatic rings. The van der Waals surface area contributed by atoms with Gasteiger partial charge in [-0.3, -0.25) is 4.72 Å². The highest BCUT2D eigenvalue weighted by molar-refractivity contribution is 9.11. The van der Waals surface area contributed by atoms with E-state index in [1.165, 1.54) is 13.1 Å². The van der Waals surface area contributed by atoms with E-state index in [0.29, 0.717) is 3.79 Å². The van der Waals surface area contributed by atoms with Crippen LogP contribution in [0, 0.1) is 12.7 Å². The second-order valence-corrected chi connectivity index (χ2v) is 7.77. The van der Waals surface area contributed by atoms with Crippen LogP contribution < -0.4 is 10.5 Å². The number of thiazole rings is 1. The number of nitrogens with zero attached hydrogens (tertiary/aromatic N) is 1. The molecule has 9 heteroatoms. The fraction of sp³-hybridized carbons (Fsp3) is 0.100. The molecule has 0 unspecified atom stereocenters. The largest absolute Gasteiger partial charge is 0.396 e. The number of anilines is 2. The lowest BCUT2D eigenvalue weighted by Crippen LogP contribution is -2.14. The predicted octanol–water partition coefficient (Wildman–Crippen LogP) is 2.74. The summed E-state index contributed by atoms with van der Waals surface area (Å²) >= 11 is 4.32. The van der Waals surface area contributed by atoms with E-state index in [4.69, 9.17) is 5.73 Å². The molecule has 3 N–H and O–H groups in total. The lowest BCUT2D eigenvalue weighted by atomic mass is 10.2. The van der Waals surface area contributed by atoms with Gasteiger partial charge in [0.25, 0.3) is 10.0 Å². The Kier molecular flexibility index (Phi) is 3.79. The van der Waals surface area contributed by atoms with Crippen molar-refractivity contribution in [2.45, 2.75) is 11.8 Å². The highest BCUT2D eigenvalue weighted by Gasteiger charge is 2.20. The third-order valence-electron chi connectivity index (χ3n) is 2.28. The molecule has 0 spiro atoms. The summed E-state index contributed by atoms with van der Waals surface area (Å²) in [6, 6.07) is 2.18. The second kappa shape index (κ2) is 5.06. The number of nitrogens with two attached hydrogens (primary N) is 1. The summed E-state index contributed by atoms with van der Waals surface area (Å²) in [5.41, 5.74) is 5.45. The van der Waals surface area contributed by atoms with Crippen molar-refractivity contribution in [1.82, 2.24) is 4.98 Å². The molecule has 102 valence electrons. The number of hydrogen-bond acceptors (Lipinski definition) is 5. The zero-order chi connectivity index (χ0) is 14.2. The van der Waals surface area contributed by atoms with E-state index < -0.39 is 15.8 Å². The number of sulfonamides is 1. The van der Waals surface area contributed by atoms with Crippen LogP contribution in [0.4, 0.5) is 15.2 Å². The van der Waals surface area contributed by atoms with Crippen LogP contribution in [-0.2, 0) is 10.0 Å². The van der Waals surface area contributed by atoms with Gasteiger partial charge in [0.1, 0.15) is 5.82 Å². The summed E-state index contributed by atoms with van der Waals surface area (Å²) in [4.78, 5) is 3.80. The first-order valence-corrected chi connectivity index (χ1v) is 8.08. The average molecular weight is 366 g/mol. The molecule has 0 atom stereocenters. The molecule has 0 amide bonds. The van der Waals surface area contributed by atoms with Crippen molar-refractivity contribution in [3.05, 3.63) is 33.5 Å². The van der Waals surface area contributed by atoms with Crippen molar-refractivity contribution in [3.8, 4) is 0 Å². The van der Waals surface area contributed by atoms with Crippen LogP contribution in [0.15, 0.2) is 27.0 Å². The van der Waals surface area contributed by atoms with Crippen LogP contribution in [0.2, 0.25) is 0 Å². The SMILES string of the molecule is Cc1cc(F)c(N)cc1S(=O)(=O)Nc1ncc(Br)s1. The first-order chi connectivity index (χ1) is 8.79. The van der Waals surface area contributed by atoms with Gasteiger partial charge in [0.05, 0.1) is 20.6 Å². The maximum absolute atomic E-state index is 13.2. The number of nitrogens with one attached hydrogen (secondary N) is 1. The van der Waals surface area contributed by atoms with E-state index in [9.17, 15) is 12.8 Å². The quantitative estimate of drug-likeness (QED) is 0.818. The lowest BCUT2D eigenvalue weighted by Gasteiger charge is -2.09. The third-order valence-corrected chi connectivity index (χ3v) is 5.28. The lowest BCUT2D eigenvalue weighted by molar-refractivity contribution is 0.599. The minimum Gasteiger partial charge on any atom is -0.396 e. The highest BCUT2D eigenvalue weighted by Crippen LogP contribution is 2.27. The van der Waals surface area contributed by atoms with E-state index in [1.54, 1.807) is 0 Å². The standard InChI is InChI=1S/C10H9BrFN3O2S2/c1-5-2-6(12)7(13)3-8(5)19(16,17)15-10-14-4-9(11)18-10/h2-4H,13H2,1H3,(H,14,15). The molecule has 1 aromatic carbocycles. The van der Waals surface area contributed by atoms with Gasteiger partial charge in [0.15, 0.2) is 5.13 Å². The molecule has 2 aromatic rings. The molecule has 0 fully saturated rings. The van der Waals surface area contributed by atoms with Gasteiger partial charge in [-0.25, -0.2) is 17.8 Å². The van der Waals surface area contributed by atoms with E-state index in [-0.39, 0.29) is 21.3 Å². The van der Waals surface area contributed by atoms with Crippen molar-refractivity contribution in [2.24, 2.45) is 0 Å². The average Bonchev–Trinajstić information content (AvgIpc) is 2.68. The highest BCUT2D eigenvalue weighted by atomic mass is 79.9.